The van der Waals surface area contributed by atoms with E-state index in [-0.39, 0.29) is 45.5 Å². The van der Waals surface area contributed by atoms with Gasteiger partial charge in [-0.15, -0.1) is 11.3 Å². The molecule has 0 unspecified atom stereocenters. The number of fused-ring (bicyclic) bond motifs is 1. The van der Waals surface area contributed by atoms with Gasteiger partial charge in [-0.05, 0) is 35.4 Å². The number of nitrogens with two attached hydrogens (primary N) is 1. The molecular formula is C23H22N2O8S. The number of rotatable bonds is 9. The maximum absolute atomic E-state index is 12.5. The van der Waals surface area contributed by atoms with Crippen LogP contribution in [0.3, 0.4) is 0 Å². The lowest BCUT2D eigenvalue weighted by Gasteiger charge is -2.09. The standard InChI is InChI=1S/C23H22N2O8S/c1-12-18(23(30)32-8-7-31-2)21(34-19(12)20(24)28)25-17(27)11-33-22(29)15-9-13-5-3-4-6-14(13)10-16(15)26/h3-6,9-10,26H,7-8,11H2,1-2H3,(H2,24,28)(H,25,27). The number of amides is 2. The summed E-state index contributed by atoms with van der Waals surface area (Å²) in [7, 11) is 1.44. The van der Waals surface area contributed by atoms with Gasteiger partial charge in [0.2, 0.25) is 0 Å². The summed E-state index contributed by atoms with van der Waals surface area (Å²) in [6.07, 6.45) is 0. The van der Waals surface area contributed by atoms with E-state index in [1.54, 1.807) is 24.3 Å². The highest BCUT2D eigenvalue weighted by Gasteiger charge is 2.26. The number of carbonyl (C=O) groups is 4. The molecule has 34 heavy (non-hydrogen) atoms. The van der Waals surface area contributed by atoms with Crippen molar-refractivity contribution in [1.29, 1.82) is 0 Å². The number of anilines is 1. The third-order valence-corrected chi connectivity index (χ3v) is 5.99. The van der Waals surface area contributed by atoms with E-state index in [9.17, 15) is 24.3 Å². The Morgan fingerprint density at radius 1 is 1.03 bits per heavy atom. The Kier molecular flexibility index (Phi) is 7.82. The lowest BCUT2D eigenvalue weighted by Crippen LogP contribution is -2.22. The first-order chi connectivity index (χ1) is 16.2. The number of carbonyl (C=O) groups excluding carboxylic acids is 4. The first kappa shape index (κ1) is 24.7. The van der Waals surface area contributed by atoms with Crippen molar-refractivity contribution < 1.29 is 38.5 Å². The zero-order chi connectivity index (χ0) is 24.8. The minimum Gasteiger partial charge on any atom is -0.507 e. The normalized spacial score (nSPS) is 10.6. The summed E-state index contributed by atoms with van der Waals surface area (Å²) in [5, 5.41) is 14.1. The highest BCUT2D eigenvalue weighted by Crippen LogP contribution is 2.33. The Hall–Kier alpha value is -3.96. The number of hydrogen-bond acceptors (Lipinski definition) is 9. The number of nitrogens with one attached hydrogen (secondary N) is 1. The zero-order valence-electron chi connectivity index (χ0n) is 18.4. The van der Waals surface area contributed by atoms with Gasteiger partial charge in [0.05, 0.1) is 17.0 Å². The summed E-state index contributed by atoms with van der Waals surface area (Å²) in [6, 6.07) is 10.00. The van der Waals surface area contributed by atoms with Gasteiger partial charge in [0, 0.05) is 7.11 Å². The van der Waals surface area contributed by atoms with Crippen LogP contribution >= 0.6 is 11.3 Å². The van der Waals surface area contributed by atoms with Crippen molar-refractivity contribution in [2.24, 2.45) is 5.73 Å². The van der Waals surface area contributed by atoms with Crippen LogP contribution in [0.5, 0.6) is 5.75 Å². The van der Waals surface area contributed by atoms with Crippen molar-refractivity contribution in [1.82, 2.24) is 0 Å². The Balaban J connectivity index is 1.72. The molecule has 11 heteroatoms. The number of esters is 2. The van der Waals surface area contributed by atoms with Crippen LogP contribution in [0.1, 0.15) is 36.0 Å². The highest BCUT2D eigenvalue weighted by molar-refractivity contribution is 7.18. The monoisotopic (exact) mass is 486 g/mol. The van der Waals surface area contributed by atoms with Gasteiger partial charge in [-0.2, -0.15) is 0 Å². The maximum Gasteiger partial charge on any atom is 0.342 e. The van der Waals surface area contributed by atoms with Gasteiger partial charge in [0.1, 0.15) is 22.9 Å². The summed E-state index contributed by atoms with van der Waals surface area (Å²) in [5.74, 6) is -3.50. The Bertz CT molecular complexity index is 1270. The molecule has 4 N–H and O–H groups in total. The number of thiophene rings is 1. The molecule has 3 rings (SSSR count). The molecule has 0 aliphatic rings. The molecule has 1 heterocycles. The molecule has 178 valence electrons. The fourth-order valence-electron chi connectivity index (χ4n) is 3.14. The molecule has 0 saturated heterocycles. The second-order valence-electron chi connectivity index (χ2n) is 7.09. The summed E-state index contributed by atoms with van der Waals surface area (Å²) < 4.78 is 15.0. The smallest absolute Gasteiger partial charge is 0.342 e. The number of methoxy groups -OCH3 is 1. The van der Waals surface area contributed by atoms with E-state index in [2.05, 4.69) is 5.32 Å². The minimum atomic E-state index is -0.905. The van der Waals surface area contributed by atoms with Gasteiger partial charge in [-0.25, -0.2) is 9.59 Å². The number of aromatic hydroxyl groups is 1. The quantitative estimate of drug-likeness (QED) is 0.308. The highest BCUT2D eigenvalue weighted by atomic mass is 32.1. The van der Waals surface area contributed by atoms with Crippen LogP contribution in [0.2, 0.25) is 0 Å². The van der Waals surface area contributed by atoms with E-state index in [1.165, 1.54) is 26.2 Å². The van der Waals surface area contributed by atoms with E-state index in [0.29, 0.717) is 5.39 Å². The molecule has 0 fully saturated rings. The van der Waals surface area contributed by atoms with Crippen molar-refractivity contribution in [2.45, 2.75) is 6.92 Å². The number of phenolic OH excluding ortho intramolecular Hbond substituents is 1. The Morgan fingerprint density at radius 3 is 2.35 bits per heavy atom. The van der Waals surface area contributed by atoms with Gasteiger partial charge < -0.3 is 30.4 Å². The van der Waals surface area contributed by atoms with Crippen LogP contribution in [0.15, 0.2) is 36.4 Å². The summed E-state index contributed by atoms with van der Waals surface area (Å²) in [4.78, 5) is 49.1. The van der Waals surface area contributed by atoms with Crippen molar-refractivity contribution >= 4 is 50.9 Å². The lowest BCUT2D eigenvalue weighted by molar-refractivity contribution is -0.119. The summed E-state index contributed by atoms with van der Waals surface area (Å²) >= 11 is 0.806. The molecule has 10 nitrogen and oxygen atoms in total. The maximum atomic E-state index is 12.5. The molecule has 0 atom stereocenters. The third-order valence-electron chi connectivity index (χ3n) is 4.77. The first-order valence-corrected chi connectivity index (χ1v) is 10.8. The van der Waals surface area contributed by atoms with Gasteiger partial charge in [-0.3, -0.25) is 9.59 Å². The van der Waals surface area contributed by atoms with E-state index in [1.807, 2.05) is 0 Å². The lowest BCUT2D eigenvalue weighted by atomic mass is 10.1. The molecular weight excluding hydrogens is 464 g/mol. The molecule has 2 aromatic carbocycles. The zero-order valence-corrected chi connectivity index (χ0v) is 19.2. The fraction of sp³-hybridized carbons (Fsp3) is 0.217. The molecule has 0 radical (unpaired) electrons. The average molecular weight is 487 g/mol. The molecule has 0 aliphatic heterocycles. The van der Waals surface area contributed by atoms with Crippen LogP contribution < -0.4 is 11.1 Å². The first-order valence-electron chi connectivity index (χ1n) is 10.0. The van der Waals surface area contributed by atoms with Crippen LogP contribution in [0.25, 0.3) is 10.8 Å². The molecule has 0 spiro atoms. The van der Waals surface area contributed by atoms with Crippen molar-refractivity contribution in [3.63, 3.8) is 0 Å². The molecule has 3 aromatic rings. The predicted octanol–water partition coefficient (Wildman–Crippen LogP) is 2.61. The molecule has 2 amide bonds. The summed E-state index contributed by atoms with van der Waals surface area (Å²) in [6.45, 7) is 0.932. The van der Waals surface area contributed by atoms with Crippen LogP contribution in [-0.2, 0) is 19.0 Å². The Morgan fingerprint density at radius 2 is 1.71 bits per heavy atom. The second-order valence-corrected chi connectivity index (χ2v) is 8.11. The predicted molar refractivity (Wildman–Crippen MR) is 124 cm³/mol. The van der Waals surface area contributed by atoms with Gasteiger partial charge in [0.15, 0.2) is 6.61 Å². The SMILES string of the molecule is COCCOC(=O)c1c(NC(=O)COC(=O)c2cc3ccccc3cc2O)sc(C(N)=O)c1C. The van der Waals surface area contributed by atoms with Crippen molar-refractivity contribution in [3.8, 4) is 5.75 Å². The Labute approximate surface area is 198 Å². The number of primary amides is 1. The van der Waals surface area contributed by atoms with Crippen LogP contribution in [-0.4, -0.2) is 55.8 Å². The van der Waals surface area contributed by atoms with Crippen molar-refractivity contribution in [3.05, 3.63) is 58.0 Å². The number of phenols is 1. The molecule has 0 saturated carbocycles. The molecule has 0 aliphatic carbocycles. The van der Waals surface area contributed by atoms with Crippen molar-refractivity contribution in [2.75, 3.05) is 32.2 Å². The molecule has 1 aromatic heterocycles. The summed E-state index contributed by atoms with van der Waals surface area (Å²) in [5.41, 5.74) is 5.49. The van der Waals surface area contributed by atoms with E-state index in [0.717, 1.165) is 16.7 Å². The van der Waals surface area contributed by atoms with Gasteiger partial charge in [-0.1, -0.05) is 24.3 Å². The van der Waals surface area contributed by atoms with Crippen LogP contribution in [0, 0.1) is 6.92 Å². The molecule has 0 bridgehead atoms. The number of benzene rings is 2. The fourth-order valence-corrected chi connectivity index (χ4v) is 4.20. The number of ether oxygens (including phenoxy) is 3. The van der Waals surface area contributed by atoms with Gasteiger partial charge >= 0.3 is 11.9 Å². The van der Waals surface area contributed by atoms with E-state index >= 15 is 0 Å². The third kappa shape index (κ3) is 5.50. The average Bonchev–Trinajstić information content (AvgIpc) is 3.13. The minimum absolute atomic E-state index is 0.0262. The largest absolute Gasteiger partial charge is 0.507 e. The van der Waals surface area contributed by atoms with Gasteiger partial charge in [0.25, 0.3) is 11.8 Å². The van der Waals surface area contributed by atoms with E-state index in [4.69, 9.17) is 19.9 Å². The topological polar surface area (TPSA) is 154 Å². The van der Waals surface area contributed by atoms with E-state index < -0.39 is 30.4 Å². The number of hydrogen-bond donors (Lipinski definition) is 3. The van der Waals surface area contributed by atoms with Crippen LogP contribution in [0.4, 0.5) is 5.00 Å². The second kappa shape index (κ2) is 10.8.